The molecule has 4 nitrogen and oxygen atoms in total. The van der Waals surface area contributed by atoms with Crippen molar-refractivity contribution in [3.8, 4) is 0 Å². The lowest BCUT2D eigenvalue weighted by Crippen LogP contribution is -2.14. The van der Waals surface area contributed by atoms with Gasteiger partial charge in [-0.1, -0.05) is 42.1 Å². The van der Waals surface area contributed by atoms with Crippen LogP contribution >= 0.6 is 27.7 Å². The standard InChI is InChI=1S/C18H16BrN3OS/c1-2-22-12-14(19)17(21-22)18(23)20-15-10-6-7-11-16(15)24-13-8-4-3-5-9-13/h3-12H,2H2,1H3,(H,20,23). The van der Waals surface area contributed by atoms with Crippen LogP contribution in [0.2, 0.25) is 0 Å². The minimum Gasteiger partial charge on any atom is -0.320 e. The lowest BCUT2D eigenvalue weighted by Gasteiger charge is -2.10. The maximum atomic E-state index is 12.5. The highest BCUT2D eigenvalue weighted by atomic mass is 79.9. The van der Waals surface area contributed by atoms with Gasteiger partial charge in [0, 0.05) is 22.5 Å². The molecule has 0 aliphatic carbocycles. The molecule has 0 fully saturated rings. The summed E-state index contributed by atoms with van der Waals surface area (Å²) in [6.45, 7) is 2.69. The van der Waals surface area contributed by atoms with Crippen molar-refractivity contribution in [3.05, 3.63) is 71.0 Å². The molecule has 0 spiro atoms. The number of hydrogen-bond donors (Lipinski definition) is 1. The average Bonchev–Trinajstić information content (AvgIpc) is 2.99. The number of hydrogen-bond acceptors (Lipinski definition) is 3. The van der Waals surface area contributed by atoms with E-state index in [4.69, 9.17) is 0 Å². The Labute approximate surface area is 153 Å². The van der Waals surface area contributed by atoms with Gasteiger partial charge in [-0.25, -0.2) is 0 Å². The molecule has 1 heterocycles. The van der Waals surface area contributed by atoms with Crippen molar-refractivity contribution in [1.29, 1.82) is 0 Å². The molecular formula is C18H16BrN3OS. The van der Waals surface area contributed by atoms with E-state index in [1.807, 2.05) is 61.5 Å². The van der Waals surface area contributed by atoms with Gasteiger partial charge < -0.3 is 5.32 Å². The van der Waals surface area contributed by atoms with Crippen LogP contribution in [0.15, 0.2) is 75.1 Å². The predicted octanol–water partition coefficient (Wildman–Crippen LogP) is 5.07. The fourth-order valence-electron chi connectivity index (χ4n) is 2.17. The molecule has 0 aliphatic rings. The fraction of sp³-hybridized carbons (Fsp3) is 0.111. The monoisotopic (exact) mass is 401 g/mol. The van der Waals surface area contributed by atoms with Gasteiger partial charge in [0.25, 0.3) is 5.91 Å². The number of halogens is 1. The summed E-state index contributed by atoms with van der Waals surface area (Å²) >= 11 is 5.01. The first-order valence-electron chi connectivity index (χ1n) is 7.53. The summed E-state index contributed by atoms with van der Waals surface area (Å²) in [5.74, 6) is -0.227. The zero-order valence-electron chi connectivity index (χ0n) is 13.1. The maximum absolute atomic E-state index is 12.5. The fourth-order valence-corrected chi connectivity index (χ4v) is 3.59. The Hall–Kier alpha value is -2.05. The van der Waals surface area contributed by atoms with E-state index in [1.165, 1.54) is 0 Å². The molecule has 2 aromatic carbocycles. The van der Waals surface area contributed by atoms with Crippen LogP contribution in [0.25, 0.3) is 0 Å². The van der Waals surface area contributed by atoms with E-state index >= 15 is 0 Å². The molecule has 122 valence electrons. The van der Waals surface area contributed by atoms with Crippen LogP contribution in [0.3, 0.4) is 0 Å². The second-order valence-corrected chi connectivity index (χ2v) is 7.02. The van der Waals surface area contributed by atoms with E-state index in [1.54, 1.807) is 22.6 Å². The van der Waals surface area contributed by atoms with Crippen molar-refractivity contribution in [3.63, 3.8) is 0 Å². The third kappa shape index (κ3) is 3.88. The molecule has 0 saturated carbocycles. The number of para-hydroxylation sites is 1. The lowest BCUT2D eigenvalue weighted by molar-refractivity contribution is 0.102. The Bertz CT molecular complexity index is 848. The number of nitrogens with zero attached hydrogens (tertiary/aromatic N) is 2. The highest BCUT2D eigenvalue weighted by molar-refractivity contribution is 9.10. The van der Waals surface area contributed by atoms with Crippen molar-refractivity contribution in [2.24, 2.45) is 0 Å². The lowest BCUT2D eigenvalue weighted by atomic mass is 10.3. The highest BCUT2D eigenvalue weighted by Crippen LogP contribution is 2.33. The number of aryl methyl sites for hydroxylation is 1. The number of aromatic nitrogens is 2. The van der Waals surface area contributed by atoms with Crippen molar-refractivity contribution < 1.29 is 4.79 Å². The third-order valence-electron chi connectivity index (χ3n) is 3.36. The van der Waals surface area contributed by atoms with Crippen molar-refractivity contribution >= 4 is 39.3 Å². The Balaban J connectivity index is 1.82. The summed E-state index contributed by atoms with van der Waals surface area (Å²) in [6.07, 6.45) is 1.81. The number of carbonyl (C=O) groups is 1. The molecule has 0 radical (unpaired) electrons. The van der Waals surface area contributed by atoms with Gasteiger partial charge in [-0.2, -0.15) is 5.10 Å². The molecule has 3 rings (SSSR count). The van der Waals surface area contributed by atoms with Crippen LogP contribution in [0.5, 0.6) is 0 Å². The highest BCUT2D eigenvalue weighted by Gasteiger charge is 2.16. The zero-order valence-corrected chi connectivity index (χ0v) is 15.5. The summed E-state index contributed by atoms with van der Waals surface area (Å²) in [7, 11) is 0. The summed E-state index contributed by atoms with van der Waals surface area (Å²) < 4.78 is 2.42. The largest absolute Gasteiger partial charge is 0.320 e. The summed E-state index contributed by atoms with van der Waals surface area (Å²) in [5, 5.41) is 7.25. The van der Waals surface area contributed by atoms with Crippen molar-refractivity contribution in [2.45, 2.75) is 23.3 Å². The van der Waals surface area contributed by atoms with Crippen molar-refractivity contribution in [1.82, 2.24) is 9.78 Å². The number of rotatable bonds is 5. The van der Waals surface area contributed by atoms with Crippen LogP contribution < -0.4 is 5.32 Å². The summed E-state index contributed by atoms with van der Waals surface area (Å²) in [6, 6.07) is 17.8. The number of anilines is 1. The van der Waals surface area contributed by atoms with E-state index in [0.29, 0.717) is 16.7 Å². The van der Waals surface area contributed by atoms with Gasteiger partial charge in [-0.15, -0.1) is 0 Å². The van der Waals surface area contributed by atoms with Gasteiger partial charge >= 0.3 is 0 Å². The summed E-state index contributed by atoms with van der Waals surface area (Å²) in [4.78, 5) is 14.7. The van der Waals surface area contributed by atoms with Gasteiger partial charge in [0.2, 0.25) is 0 Å². The van der Waals surface area contributed by atoms with Gasteiger partial charge in [0.05, 0.1) is 10.2 Å². The van der Waals surface area contributed by atoms with Gasteiger partial charge in [0.1, 0.15) is 0 Å². The first-order chi connectivity index (χ1) is 11.7. The first kappa shape index (κ1) is 16.8. The zero-order chi connectivity index (χ0) is 16.9. The average molecular weight is 402 g/mol. The van der Waals surface area contributed by atoms with Gasteiger partial charge in [-0.05, 0) is 47.1 Å². The maximum Gasteiger partial charge on any atom is 0.277 e. The van der Waals surface area contributed by atoms with Gasteiger partial charge in [-0.3, -0.25) is 9.48 Å². The molecule has 0 atom stereocenters. The Kier molecular flexibility index (Phi) is 5.37. The van der Waals surface area contributed by atoms with Crippen LogP contribution in [0.4, 0.5) is 5.69 Å². The minimum absolute atomic E-state index is 0.227. The molecular weight excluding hydrogens is 386 g/mol. The second-order valence-electron chi connectivity index (χ2n) is 5.05. The Morgan fingerprint density at radius 3 is 2.58 bits per heavy atom. The molecule has 1 amide bonds. The van der Waals surface area contributed by atoms with Crippen LogP contribution in [0, 0.1) is 0 Å². The molecule has 0 saturated heterocycles. The number of benzene rings is 2. The normalized spacial score (nSPS) is 10.6. The third-order valence-corrected chi connectivity index (χ3v) is 5.03. The topological polar surface area (TPSA) is 46.9 Å². The Morgan fingerprint density at radius 2 is 1.88 bits per heavy atom. The number of amides is 1. The number of nitrogens with one attached hydrogen (secondary N) is 1. The second kappa shape index (κ2) is 7.68. The van der Waals surface area contributed by atoms with Crippen molar-refractivity contribution in [2.75, 3.05) is 5.32 Å². The predicted molar refractivity (Wildman–Crippen MR) is 101 cm³/mol. The van der Waals surface area contributed by atoms with E-state index in [-0.39, 0.29) is 5.91 Å². The SMILES string of the molecule is CCn1cc(Br)c(C(=O)Nc2ccccc2Sc2ccccc2)n1. The minimum atomic E-state index is -0.227. The molecule has 1 aromatic heterocycles. The summed E-state index contributed by atoms with van der Waals surface area (Å²) in [5.41, 5.74) is 1.16. The molecule has 1 N–H and O–H groups in total. The van der Waals surface area contributed by atoms with Crippen LogP contribution in [-0.4, -0.2) is 15.7 Å². The smallest absolute Gasteiger partial charge is 0.277 e. The molecule has 0 bridgehead atoms. The van der Waals surface area contributed by atoms with E-state index in [9.17, 15) is 4.79 Å². The van der Waals surface area contributed by atoms with Gasteiger partial charge in [0.15, 0.2) is 5.69 Å². The van der Waals surface area contributed by atoms with Crippen LogP contribution in [0.1, 0.15) is 17.4 Å². The first-order valence-corrected chi connectivity index (χ1v) is 9.14. The van der Waals surface area contributed by atoms with E-state index in [2.05, 4.69) is 26.3 Å². The molecule has 3 aromatic rings. The quantitative estimate of drug-likeness (QED) is 0.648. The van der Waals surface area contributed by atoms with E-state index < -0.39 is 0 Å². The van der Waals surface area contributed by atoms with Crippen LogP contribution in [-0.2, 0) is 6.54 Å². The van der Waals surface area contributed by atoms with E-state index in [0.717, 1.165) is 15.5 Å². The molecule has 0 unspecified atom stereocenters. The molecule has 24 heavy (non-hydrogen) atoms. The Morgan fingerprint density at radius 1 is 1.17 bits per heavy atom. The molecule has 6 heteroatoms. The molecule has 0 aliphatic heterocycles. The number of carbonyl (C=O) groups excluding carboxylic acids is 1.